The van der Waals surface area contributed by atoms with Gasteiger partial charge in [-0.1, -0.05) is 60.3 Å². The zero-order valence-electron chi connectivity index (χ0n) is 10.6. The van der Waals surface area contributed by atoms with Crippen LogP contribution in [0.15, 0.2) is 0 Å². The minimum Gasteiger partial charge on any atom is -0.126 e. The van der Waals surface area contributed by atoms with Gasteiger partial charge in [0.05, 0.1) is 0 Å². The van der Waals surface area contributed by atoms with Crippen LogP contribution in [0.1, 0.15) is 66.7 Å². The second-order valence-corrected chi connectivity index (χ2v) is 5.98. The van der Waals surface area contributed by atoms with Crippen molar-refractivity contribution < 1.29 is 0 Å². The van der Waals surface area contributed by atoms with Gasteiger partial charge in [0.2, 0.25) is 0 Å². The van der Waals surface area contributed by atoms with Crippen LogP contribution in [-0.2, 0) is 0 Å². The van der Waals surface area contributed by atoms with Crippen LogP contribution in [0.25, 0.3) is 0 Å². The maximum atomic E-state index is 6.02. The minimum absolute atomic E-state index is 0.251. The summed E-state index contributed by atoms with van der Waals surface area (Å²) in [6.07, 6.45) is 6.71. The summed E-state index contributed by atoms with van der Waals surface area (Å²) < 4.78 is 0. The van der Waals surface area contributed by atoms with Crippen molar-refractivity contribution in [3.8, 4) is 0 Å². The lowest BCUT2D eigenvalue weighted by Gasteiger charge is -2.40. The molecule has 0 spiro atoms. The first-order chi connectivity index (χ1) is 6.37. The Hall–Kier alpha value is 0.290. The summed E-state index contributed by atoms with van der Waals surface area (Å²) in [6.45, 7) is 11.5. The molecule has 0 N–H and O–H groups in total. The van der Waals surface area contributed by atoms with E-state index in [1.54, 1.807) is 0 Å². The Labute approximate surface area is 95.4 Å². The molecular formula is C13H27Cl. The van der Waals surface area contributed by atoms with Gasteiger partial charge < -0.3 is 0 Å². The fraction of sp³-hybridized carbons (Fsp3) is 1.00. The molecule has 0 saturated heterocycles. The van der Waals surface area contributed by atoms with Crippen LogP contribution in [0.2, 0.25) is 0 Å². The molecule has 0 nitrogen and oxygen atoms in total. The molecule has 0 rings (SSSR count). The minimum atomic E-state index is 0.251. The molecule has 0 amide bonds. The predicted octanol–water partition coefficient (Wildman–Crippen LogP) is 5.25. The molecule has 86 valence electrons. The molecule has 0 heterocycles. The zero-order chi connectivity index (χ0) is 11.2. The molecule has 0 fully saturated rings. The molecule has 0 aliphatic heterocycles. The number of hydrogen-bond acceptors (Lipinski definition) is 0. The highest BCUT2D eigenvalue weighted by Crippen LogP contribution is 2.43. The Morgan fingerprint density at radius 1 is 0.857 bits per heavy atom. The van der Waals surface area contributed by atoms with Gasteiger partial charge >= 0.3 is 0 Å². The van der Waals surface area contributed by atoms with Gasteiger partial charge in [0.15, 0.2) is 0 Å². The molecule has 0 radical (unpaired) electrons. The van der Waals surface area contributed by atoms with Gasteiger partial charge in [-0.3, -0.25) is 0 Å². The Bertz CT molecular complexity index is 147. The van der Waals surface area contributed by atoms with Crippen LogP contribution < -0.4 is 0 Å². The molecule has 0 aromatic heterocycles. The van der Waals surface area contributed by atoms with E-state index in [9.17, 15) is 0 Å². The molecule has 0 saturated carbocycles. The molecule has 0 aliphatic carbocycles. The van der Waals surface area contributed by atoms with Crippen molar-refractivity contribution in [2.24, 2.45) is 10.8 Å². The number of rotatable bonds is 7. The van der Waals surface area contributed by atoms with Gasteiger partial charge in [0.1, 0.15) is 0 Å². The molecule has 0 unspecified atom stereocenters. The van der Waals surface area contributed by atoms with Crippen molar-refractivity contribution in [1.29, 1.82) is 0 Å². The molecule has 0 aromatic rings. The summed E-state index contributed by atoms with van der Waals surface area (Å²) in [6, 6.07) is 0. The maximum Gasteiger partial charge on any atom is 0.0279 e. The first kappa shape index (κ1) is 14.3. The van der Waals surface area contributed by atoms with Crippen LogP contribution >= 0.6 is 11.6 Å². The third-order valence-electron chi connectivity index (χ3n) is 3.82. The number of alkyl halides is 1. The fourth-order valence-corrected chi connectivity index (χ4v) is 1.87. The summed E-state index contributed by atoms with van der Waals surface area (Å²) in [5, 5.41) is 0. The quantitative estimate of drug-likeness (QED) is 0.405. The second-order valence-electron chi connectivity index (χ2n) is 5.71. The average molecular weight is 219 g/mol. The van der Waals surface area contributed by atoms with E-state index in [4.69, 9.17) is 11.6 Å². The van der Waals surface area contributed by atoms with Crippen molar-refractivity contribution >= 4 is 11.6 Å². The van der Waals surface area contributed by atoms with Crippen LogP contribution in [0.4, 0.5) is 0 Å². The second kappa shape index (κ2) is 6.00. The maximum absolute atomic E-state index is 6.02. The van der Waals surface area contributed by atoms with Crippen LogP contribution in [-0.4, -0.2) is 5.88 Å². The summed E-state index contributed by atoms with van der Waals surface area (Å²) in [7, 11) is 0. The molecule has 0 atom stereocenters. The zero-order valence-corrected chi connectivity index (χ0v) is 11.4. The van der Waals surface area contributed by atoms with Gasteiger partial charge in [-0.05, 0) is 17.3 Å². The molecule has 1 heteroatoms. The summed E-state index contributed by atoms with van der Waals surface area (Å²) >= 11 is 6.02. The van der Waals surface area contributed by atoms with Crippen molar-refractivity contribution in [3.63, 3.8) is 0 Å². The molecule has 14 heavy (non-hydrogen) atoms. The van der Waals surface area contributed by atoms with E-state index in [0.29, 0.717) is 5.41 Å². The number of halogens is 1. The summed E-state index contributed by atoms with van der Waals surface area (Å²) in [5.74, 6) is 0.758. The monoisotopic (exact) mass is 218 g/mol. The summed E-state index contributed by atoms with van der Waals surface area (Å²) in [4.78, 5) is 0. The van der Waals surface area contributed by atoms with E-state index >= 15 is 0 Å². The van der Waals surface area contributed by atoms with Crippen molar-refractivity contribution in [2.45, 2.75) is 66.7 Å². The lowest BCUT2D eigenvalue weighted by molar-refractivity contribution is 0.119. The fourth-order valence-electron chi connectivity index (χ4n) is 1.51. The largest absolute Gasteiger partial charge is 0.126 e. The van der Waals surface area contributed by atoms with Crippen molar-refractivity contribution in [3.05, 3.63) is 0 Å². The molecule has 0 aromatic carbocycles. The van der Waals surface area contributed by atoms with Crippen LogP contribution in [0.5, 0.6) is 0 Å². The third kappa shape index (κ3) is 4.21. The molecule has 0 bridgehead atoms. The van der Waals surface area contributed by atoms with E-state index < -0.39 is 0 Å². The Balaban J connectivity index is 3.94. The number of unbranched alkanes of at least 4 members (excludes halogenated alkanes) is 3. The first-order valence-corrected chi connectivity index (χ1v) is 6.47. The lowest BCUT2D eigenvalue weighted by Crippen LogP contribution is -2.34. The van der Waals surface area contributed by atoms with Crippen LogP contribution in [0.3, 0.4) is 0 Å². The van der Waals surface area contributed by atoms with Gasteiger partial charge in [0.25, 0.3) is 0 Å². The van der Waals surface area contributed by atoms with Crippen molar-refractivity contribution in [2.75, 3.05) is 5.88 Å². The topological polar surface area (TPSA) is 0 Å². The van der Waals surface area contributed by atoms with Gasteiger partial charge in [0, 0.05) is 5.88 Å². The van der Waals surface area contributed by atoms with Crippen molar-refractivity contribution in [1.82, 2.24) is 0 Å². The lowest BCUT2D eigenvalue weighted by atomic mass is 9.66. The third-order valence-corrected chi connectivity index (χ3v) is 4.49. The van der Waals surface area contributed by atoms with Gasteiger partial charge in [-0.15, -0.1) is 11.6 Å². The van der Waals surface area contributed by atoms with Gasteiger partial charge in [-0.25, -0.2) is 0 Å². The van der Waals surface area contributed by atoms with Crippen LogP contribution in [0, 0.1) is 10.8 Å². The van der Waals surface area contributed by atoms with Gasteiger partial charge in [-0.2, -0.15) is 0 Å². The SMILES string of the molecule is CCCCCCC(C)(C)C(C)(C)CCl. The van der Waals surface area contributed by atoms with E-state index in [0.717, 1.165) is 5.88 Å². The standard InChI is InChI=1S/C13H27Cl/c1-6-7-8-9-10-12(2,3)13(4,5)11-14/h6-11H2,1-5H3. The molecular weight excluding hydrogens is 192 g/mol. The highest BCUT2D eigenvalue weighted by molar-refractivity contribution is 6.18. The van der Waals surface area contributed by atoms with E-state index in [-0.39, 0.29) is 5.41 Å². The molecule has 0 aliphatic rings. The average Bonchev–Trinajstić information content (AvgIpc) is 2.12. The Morgan fingerprint density at radius 2 is 1.43 bits per heavy atom. The first-order valence-electron chi connectivity index (χ1n) is 5.93. The predicted molar refractivity (Wildman–Crippen MR) is 67.0 cm³/mol. The Morgan fingerprint density at radius 3 is 1.86 bits per heavy atom. The highest BCUT2D eigenvalue weighted by atomic mass is 35.5. The smallest absolute Gasteiger partial charge is 0.0279 e. The van der Waals surface area contributed by atoms with E-state index in [2.05, 4.69) is 34.6 Å². The Kier molecular flexibility index (Phi) is 6.12. The highest BCUT2D eigenvalue weighted by Gasteiger charge is 2.35. The van der Waals surface area contributed by atoms with E-state index in [1.165, 1.54) is 32.1 Å². The van der Waals surface area contributed by atoms with E-state index in [1.807, 2.05) is 0 Å². The normalized spacial score (nSPS) is 13.3. The summed E-state index contributed by atoms with van der Waals surface area (Å²) in [5.41, 5.74) is 0.614. The number of hydrogen-bond donors (Lipinski definition) is 0.